The molecule has 34 heavy (non-hydrogen) atoms. The van der Waals surface area contributed by atoms with Crippen LogP contribution in [-0.2, 0) is 4.74 Å². The maximum absolute atomic E-state index is 13.6. The van der Waals surface area contributed by atoms with Gasteiger partial charge >= 0.3 is 5.97 Å². The summed E-state index contributed by atoms with van der Waals surface area (Å²) < 4.78 is 10.7. The molecule has 6 nitrogen and oxygen atoms in total. The third-order valence-electron chi connectivity index (χ3n) is 5.91. The van der Waals surface area contributed by atoms with Gasteiger partial charge in [0.2, 0.25) is 5.76 Å². The Morgan fingerprint density at radius 2 is 1.74 bits per heavy atom. The van der Waals surface area contributed by atoms with E-state index in [-0.39, 0.29) is 27.7 Å². The lowest BCUT2D eigenvalue weighted by atomic mass is 9.97. The number of amides is 1. The third-order valence-corrected chi connectivity index (χ3v) is 6.56. The van der Waals surface area contributed by atoms with Crippen LogP contribution in [0.25, 0.3) is 11.0 Å². The monoisotopic (exact) mass is 493 g/mol. The largest absolute Gasteiger partial charge is 0.465 e. The van der Waals surface area contributed by atoms with Gasteiger partial charge in [-0.2, -0.15) is 0 Å². The second-order valence-electron chi connectivity index (χ2n) is 7.94. The van der Waals surface area contributed by atoms with Gasteiger partial charge in [0.1, 0.15) is 5.58 Å². The molecule has 0 bridgehead atoms. The van der Waals surface area contributed by atoms with Crippen LogP contribution in [-0.4, -0.2) is 19.0 Å². The van der Waals surface area contributed by atoms with Gasteiger partial charge in [-0.25, -0.2) is 4.79 Å². The summed E-state index contributed by atoms with van der Waals surface area (Å²) in [6, 6.07) is 15.7. The number of aryl methyl sites for hydroxylation is 1. The van der Waals surface area contributed by atoms with E-state index in [4.69, 9.17) is 32.4 Å². The number of fused-ring (bicyclic) bond motifs is 2. The topological polar surface area (TPSA) is 76.8 Å². The van der Waals surface area contributed by atoms with Gasteiger partial charge in [-0.3, -0.25) is 14.5 Å². The lowest BCUT2D eigenvalue weighted by Gasteiger charge is -2.25. The van der Waals surface area contributed by atoms with E-state index in [1.54, 1.807) is 54.6 Å². The summed E-state index contributed by atoms with van der Waals surface area (Å²) in [4.78, 5) is 40.6. The molecule has 0 saturated carbocycles. The maximum atomic E-state index is 13.6. The number of hydrogen-bond acceptors (Lipinski definition) is 5. The van der Waals surface area contributed by atoms with Crippen molar-refractivity contribution in [2.24, 2.45) is 0 Å². The van der Waals surface area contributed by atoms with Gasteiger partial charge in [0.05, 0.1) is 29.7 Å². The minimum atomic E-state index is -0.799. The van der Waals surface area contributed by atoms with Crippen LogP contribution in [0.4, 0.5) is 5.69 Å². The molecule has 0 saturated heterocycles. The summed E-state index contributed by atoms with van der Waals surface area (Å²) in [5, 5.41) is 1.14. The van der Waals surface area contributed by atoms with Crippen molar-refractivity contribution in [3.8, 4) is 0 Å². The summed E-state index contributed by atoms with van der Waals surface area (Å²) in [7, 11) is 1.30. The van der Waals surface area contributed by atoms with Crippen LogP contribution < -0.4 is 10.3 Å². The standard InChI is InChI=1S/C26H17Cl2NO5/c1-13-3-9-17(12-19(13)28)29-22(14-4-6-15(7-5-14)26(32)33-2)21-23(30)18-11-16(27)8-10-20(18)34-24(21)25(29)31/h3-12,22H,1-2H3. The zero-order chi connectivity index (χ0) is 24.1. The minimum absolute atomic E-state index is 0.0430. The van der Waals surface area contributed by atoms with E-state index in [0.717, 1.165) is 5.56 Å². The lowest BCUT2D eigenvalue weighted by molar-refractivity contribution is 0.0600. The Morgan fingerprint density at radius 1 is 1.00 bits per heavy atom. The zero-order valence-electron chi connectivity index (χ0n) is 18.1. The number of rotatable bonds is 3. The van der Waals surface area contributed by atoms with Gasteiger partial charge in [0, 0.05) is 15.7 Å². The second kappa shape index (κ2) is 8.31. The Labute approximate surface area is 204 Å². The van der Waals surface area contributed by atoms with E-state index in [1.807, 2.05) is 6.92 Å². The van der Waals surface area contributed by atoms with Gasteiger partial charge in [0.25, 0.3) is 5.91 Å². The van der Waals surface area contributed by atoms with Gasteiger partial charge in [-0.1, -0.05) is 41.4 Å². The lowest BCUT2D eigenvalue weighted by Crippen LogP contribution is -2.29. The van der Waals surface area contributed by atoms with Crippen molar-refractivity contribution in [2.75, 3.05) is 12.0 Å². The van der Waals surface area contributed by atoms with Crippen molar-refractivity contribution >= 4 is 51.7 Å². The molecule has 0 aliphatic carbocycles. The zero-order valence-corrected chi connectivity index (χ0v) is 19.6. The van der Waals surface area contributed by atoms with Crippen molar-refractivity contribution in [1.82, 2.24) is 0 Å². The van der Waals surface area contributed by atoms with Crippen molar-refractivity contribution in [2.45, 2.75) is 13.0 Å². The van der Waals surface area contributed by atoms with Crippen molar-refractivity contribution in [3.63, 3.8) is 0 Å². The van der Waals surface area contributed by atoms with Crippen molar-refractivity contribution in [1.29, 1.82) is 0 Å². The van der Waals surface area contributed by atoms with E-state index in [2.05, 4.69) is 0 Å². The van der Waals surface area contributed by atoms with E-state index >= 15 is 0 Å². The van der Waals surface area contributed by atoms with E-state index in [0.29, 0.717) is 26.9 Å². The first-order valence-corrected chi connectivity index (χ1v) is 11.1. The average Bonchev–Trinajstić information content (AvgIpc) is 3.13. The first kappa shape index (κ1) is 22.2. The highest BCUT2D eigenvalue weighted by atomic mass is 35.5. The number of nitrogens with zero attached hydrogens (tertiary/aromatic N) is 1. The van der Waals surface area contributed by atoms with Crippen LogP contribution in [0.2, 0.25) is 10.0 Å². The predicted molar refractivity (Wildman–Crippen MR) is 130 cm³/mol. The molecule has 1 aromatic heterocycles. The Bertz CT molecular complexity index is 1540. The molecular formula is C26H17Cl2NO5. The van der Waals surface area contributed by atoms with Gasteiger partial charge < -0.3 is 9.15 Å². The average molecular weight is 494 g/mol. The molecule has 1 unspecified atom stereocenters. The number of hydrogen-bond donors (Lipinski definition) is 0. The molecule has 2 heterocycles. The molecule has 3 aromatic carbocycles. The van der Waals surface area contributed by atoms with Crippen LogP contribution in [0.5, 0.6) is 0 Å². The number of benzene rings is 3. The number of methoxy groups -OCH3 is 1. The highest BCUT2D eigenvalue weighted by Crippen LogP contribution is 2.42. The van der Waals surface area contributed by atoms with Crippen LogP contribution in [0.3, 0.4) is 0 Å². The molecule has 1 aliphatic rings. The highest BCUT2D eigenvalue weighted by molar-refractivity contribution is 6.32. The Morgan fingerprint density at radius 3 is 2.41 bits per heavy atom. The number of carbonyl (C=O) groups is 2. The molecule has 1 aliphatic heterocycles. The summed E-state index contributed by atoms with van der Waals surface area (Å²) in [5.74, 6) is -0.999. The maximum Gasteiger partial charge on any atom is 0.337 e. The highest BCUT2D eigenvalue weighted by Gasteiger charge is 2.43. The van der Waals surface area contributed by atoms with Crippen molar-refractivity contribution in [3.05, 3.63) is 109 Å². The van der Waals surface area contributed by atoms with E-state index < -0.39 is 17.9 Å². The molecule has 1 amide bonds. The quantitative estimate of drug-likeness (QED) is 0.329. The fourth-order valence-electron chi connectivity index (χ4n) is 4.18. The predicted octanol–water partition coefficient (Wildman–Crippen LogP) is 5.94. The first-order chi connectivity index (χ1) is 16.3. The minimum Gasteiger partial charge on any atom is -0.465 e. The first-order valence-electron chi connectivity index (χ1n) is 10.3. The molecule has 170 valence electrons. The third kappa shape index (κ3) is 3.47. The van der Waals surface area contributed by atoms with Crippen LogP contribution >= 0.6 is 23.2 Å². The smallest absolute Gasteiger partial charge is 0.337 e. The fourth-order valence-corrected chi connectivity index (χ4v) is 4.52. The Kier molecular flexibility index (Phi) is 5.42. The van der Waals surface area contributed by atoms with E-state index in [1.165, 1.54) is 18.1 Å². The molecule has 0 radical (unpaired) electrons. The molecule has 0 N–H and O–H groups in total. The second-order valence-corrected chi connectivity index (χ2v) is 8.78. The number of esters is 1. The number of carbonyl (C=O) groups excluding carboxylic acids is 2. The summed E-state index contributed by atoms with van der Waals surface area (Å²) in [5.41, 5.74) is 2.43. The summed E-state index contributed by atoms with van der Waals surface area (Å²) >= 11 is 12.5. The van der Waals surface area contributed by atoms with Crippen LogP contribution in [0, 0.1) is 6.92 Å². The molecule has 0 spiro atoms. The van der Waals surface area contributed by atoms with Gasteiger partial charge in [0.15, 0.2) is 5.43 Å². The van der Waals surface area contributed by atoms with Crippen LogP contribution in [0.15, 0.2) is 69.9 Å². The molecule has 0 fully saturated rings. The van der Waals surface area contributed by atoms with E-state index in [9.17, 15) is 14.4 Å². The Hall–Kier alpha value is -3.61. The molecule has 5 rings (SSSR count). The number of anilines is 1. The Balaban J connectivity index is 1.77. The van der Waals surface area contributed by atoms with Crippen LogP contribution in [0.1, 0.15) is 43.6 Å². The molecule has 8 heteroatoms. The molecule has 4 aromatic rings. The number of ether oxygens (including phenoxy) is 1. The normalized spacial score (nSPS) is 15.0. The SMILES string of the molecule is COC(=O)c1ccc(C2c3c(oc4ccc(Cl)cc4c3=O)C(=O)N2c2ccc(C)c(Cl)c2)cc1. The molecule has 1 atom stereocenters. The van der Waals surface area contributed by atoms with Gasteiger partial charge in [-0.05, 0) is 60.5 Å². The summed E-state index contributed by atoms with van der Waals surface area (Å²) in [6.45, 7) is 1.86. The number of halogens is 2. The summed E-state index contributed by atoms with van der Waals surface area (Å²) in [6.07, 6.45) is 0. The molecular weight excluding hydrogens is 477 g/mol. The van der Waals surface area contributed by atoms with Gasteiger partial charge in [-0.15, -0.1) is 0 Å². The van der Waals surface area contributed by atoms with Crippen molar-refractivity contribution < 1.29 is 18.7 Å². The fraction of sp³-hybridized carbons (Fsp3) is 0.115.